The van der Waals surface area contributed by atoms with Crippen LogP contribution >= 0.6 is 12.4 Å². The van der Waals surface area contributed by atoms with Crippen LogP contribution in [-0.2, 0) is 10.0 Å². The number of rotatable bonds is 5. The number of amides is 1. The number of benzene rings is 1. The Kier molecular flexibility index (Phi) is 7.23. The van der Waals surface area contributed by atoms with Crippen LogP contribution in [0.2, 0.25) is 0 Å². The average molecular weight is 364 g/mol. The third-order valence-electron chi connectivity index (χ3n) is 3.74. The minimum Gasteiger partial charge on any atom is -0.341 e. The van der Waals surface area contributed by atoms with Crippen LogP contribution in [0.3, 0.4) is 0 Å². The fourth-order valence-corrected chi connectivity index (χ4v) is 3.12. The highest BCUT2D eigenvalue weighted by Crippen LogP contribution is 2.22. The number of aryl methyl sites for hydroxylation is 1. The van der Waals surface area contributed by atoms with E-state index in [0.29, 0.717) is 29.8 Å². The summed E-state index contributed by atoms with van der Waals surface area (Å²) < 4.78 is 23.3. The molecule has 0 bridgehead atoms. The van der Waals surface area contributed by atoms with Crippen molar-refractivity contribution in [3.8, 4) is 0 Å². The first-order valence-corrected chi connectivity index (χ1v) is 8.53. The van der Waals surface area contributed by atoms with Crippen molar-refractivity contribution in [1.29, 1.82) is 0 Å². The summed E-state index contributed by atoms with van der Waals surface area (Å²) in [6.07, 6.45) is 0. The number of nitrogens with zero attached hydrogens (tertiary/aromatic N) is 1. The lowest BCUT2D eigenvalue weighted by Crippen LogP contribution is -2.39. The van der Waals surface area contributed by atoms with E-state index < -0.39 is 10.0 Å². The highest BCUT2D eigenvalue weighted by atomic mass is 35.5. The maximum atomic E-state index is 12.5. The van der Waals surface area contributed by atoms with Gasteiger partial charge in [-0.15, -0.1) is 12.4 Å². The molecule has 0 aliphatic carbocycles. The Morgan fingerprint density at radius 3 is 2.22 bits per heavy atom. The van der Waals surface area contributed by atoms with Gasteiger partial charge in [-0.25, -0.2) is 13.6 Å². The number of hydrogen-bond donors (Lipinski definition) is 2. The Labute approximate surface area is 144 Å². The monoisotopic (exact) mass is 363 g/mol. The van der Waals surface area contributed by atoms with E-state index in [-0.39, 0.29) is 28.6 Å². The molecular formula is C15H26ClN3O3S. The predicted molar refractivity (Wildman–Crippen MR) is 94.3 cm³/mol. The zero-order valence-electron chi connectivity index (χ0n) is 14.2. The highest BCUT2D eigenvalue weighted by Gasteiger charge is 2.24. The van der Waals surface area contributed by atoms with Crippen molar-refractivity contribution in [3.63, 3.8) is 0 Å². The van der Waals surface area contributed by atoms with Gasteiger partial charge in [-0.05, 0) is 49.1 Å². The molecule has 0 aromatic heterocycles. The summed E-state index contributed by atoms with van der Waals surface area (Å²) >= 11 is 0. The summed E-state index contributed by atoms with van der Waals surface area (Å²) in [5.74, 6) is -0.255. The van der Waals surface area contributed by atoms with Gasteiger partial charge in [0.1, 0.15) is 0 Å². The molecule has 0 radical (unpaired) electrons. The van der Waals surface area contributed by atoms with Gasteiger partial charge in [0.25, 0.3) is 5.91 Å². The normalized spacial score (nSPS) is 11.8. The highest BCUT2D eigenvalue weighted by molar-refractivity contribution is 7.89. The zero-order chi connectivity index (χ0) is 17.3. The summed E-state index contributed by atoms with van der Waals surface area (Å²) in [4.78, 5) is 14.1. The zero-order valence-corrected chi connectivity index (χ0v) is 15.8. The predicted octanol–water partition coefficient (Wildman–Crippen LogP) is 1.43. The van der Waals surface area contributed by atoms with Crippen LogP contribution in [0.15, 0.2) is 17.0 Å². The first-order chi connectivity index (χ1) is 9.89. The third kappa shape index (κ3) is 5.46. The molecule has 0 aliphatic rings. The standard InChI is InChI=1S/C15H25N3O3S.ClH/c1-10-6-12(7-13(11(10)2)22(17,20)21)14(19)18(5)9-15(3,4)8-16;/h6-7H,8-9,16H2,1-5H3,(H2,17,20,21);1H. The summed E-state index contributed by atoms with van der Waals surface area (Å²) in [5.41, 5.74) is 7.05. The smallest absolute Gasteiger partial charge is 0.253 e. The Bertz CT molecular complexity index is 687. The Balaban J connectivity index is 0.00000484. The van der Waals surface area contributed by atoms with Gasteiger partial charge in [0.2, 0.25) is 10.0 Å². The van der Waals surface area contributed by atoms with E-state index in [0.717, 1.165) is 0 Å². The molecule has 6 nitrogen and oxygen atoms in total. The van der Waals surface area contributed by atoms with Crippen molar-refractivity contribution in [2.75, 3.05) is 20.1 Å². The van der Waals surface area contributed by atoms with E-state index in [1.807, 2.05) is 13.8 Å². The quantitative estimate of drug-likeness (QED) is 0.825. The number of carbonyl (C=O) groups is 1. The average Bonchev–Trinajstić information content (AvgIpc) is 2.39. The van der Waals surface area contributed by atoms with Gasteiger partial charge >= 0.3 is 0 Å². The molecule has 1 aromatic rings. The van der Waals surface area contributed by atoms with Crippen molar-refractivity contribution in [2.45, 2.75) is 32.6 Å². The number of nitrogens with two attached hydrogens (primary N) is 2. The molecule has 8 heteroatoms. The van der Waals surface area contributed by atoms with Crippen molar-refractivity contribution in [2.24, 2.45) is 16.3 Å². The van der Waals surface area contributed by atoms with Gasteiger partial charge in [-0.3, -0.25) is 4.79 Å². The van der Waals surface area contributed by atoms with E-state index in [2.05, 4.69) is 0 Å². The van der Waals surface area contributed by atoms with Crippen molar-refractivity contribution in [3.05, 3.63) is 28.8 Å². The lowest BCUT2D eigenvalue weighted by Gasteiger charge is -2.29. The number of carbonyl (C=O) groups excluding carboxylic acids is 1. The maximum absolute atomic E-state index is 12.5. The first kappa shape index (κ1) is 21.9. The lowest BCUT2D eigenvalue weighted by atomic mass is 9.93. The van der Waals surface area contributed by atoms with Gasteiger partial charge in [-0.2, -0.15) is 0 Å². The molecule has 0 unspecified atom stereocenters. The van der Waals surface area contributed by atoms with Gasteiger partial charge in [-0.1, -0.05) is 13.8 Å². The topological polar surface area (TPSA) is 106 Å². The minimum atomic E-state index is -3.87. The van der Waals surface area contributed by atoms with Crippen LogP contribution in [0.5, 0.6) is 0 Å². The Morgan fingerprint density at radius 2 is 1.78 bits per heavy atom. The molecule has 0 fully saturated rings. The molecule has 1 rings (SSSR count). The van der Waals surface area contributed by atoms with Crippen LogP contribution in [0.4, 0.5) is 0 Å². The second-order valence-corrected chi connectivity index (χ2v) is 8.02. The summed E-state index contributed by atoms with van der Waals surface area (Å²) in [5, 5.41) is 5.23. The fraction of sp³-hybridized carbons (Fsp3) is 0.533. The number of hydrogen-bond acceptors (Lipinski definition) is 4. The molecule has 23 heavy (non-hydrogen) atoms. The van der Waals surface area contributed by atoms with Crippen LogP contribution in [-0.4, -0.2) is 39.4 Å². The minimum absolute atomic E-state index is 0. The number of primary sulfonamides is 1. The molecule has 132 valence electrons. The summed E-state index contributed by atoms with van der Waals surface area (Å²) in [6, 6.07) is 3.02. The molecule has 0 atom stereocenters. The largest absolute Gasteiger partial charge is 0.341 e. The van der Waals surface area contributed by atoms with Crippen LogP contribution in [0.25, 0.3) is 0 Å². The molecule has 1 aromatic carbocycles. The molecule has 1 amide bonds. The molecule has 4 N–H and O–H groups in total. The molecule has 0 saturated carbocycles. The number of halogens is 1. The summed E-state index contributed by atoms with van der Waals surface area (Å²) in [7, 11) is -2.20. The molecule has 0 heterocycles. The SMILES string of the molecule is Cc1cc(C(=O)N(C)CC(C)(C)CN)cc(S(N)(=O)=O)c1C.Cl. The molecule has 0 spiro atoms. The van der Waals surface area contributed by atoms with Crippen molar-refractivity contribution < 1.29 is 13.2 Å². The Morgan fingerprint density at radius 1 is 1.26 bits per heavy atom. The van der Waals surface area contributed by atoms with E-state index in [1.165, 1.54) is 6.07 Å². The van der Waals surface area contributed by atoms with Gasteiger partial charge in [0.15, 0.2) is 0 Å². The van der Waals surface area contributed by atoms with Crippen LogP contribution in [0, 0.1) is 19.3 Å². The van der Waals surface area contributed by atoms with E-state index >= 15 is 0 Å². The van der Waals surface area contributed by atoms with E-state index in [9.17, 15) is 13.2 Å². The van der Waals surface area contributed by atoms with Gasteiger partial charge in [0, 0.05) is 19.2 Å². The third-order valence-corrected chi connectivity index (χ3v) is 4.77. The maximum Gasteiger partial charge on any atom is 0.253 e. The van der Waals surface area contributed by atoms with Crippen LogP contribution in [0.1, 0.15) is 35.3 Å². The van der Waals surface area contributed by atoms with E-state index in [4.69, 9.17) is 10.9 Å². The van der Waals surface area contributed by atoms with Gasteiger partial charge < -0.3 is 10.6 Å². The van der Waals surface area contributed by atoms with E-state index in [1.54, 1.807) is 31.9 Å². The summed E-state index contributed by atoms with van der Waals surface area (Å²) in [6.45, 7) is 8.27. The van der Waals surface area contributed by atoms with Crippen LogP contribution < -0.4 is 10.9 Å². The first-order valence-electron chi connectivity index (χ1n) is 6.98. The van der Waals surface area contributed by atoms with Crippen molar-refractivity contribution >= 4 is 28.3 Å². The van der Waals surface area contributed by atoms with Crippen molar-refractivity contribution in [1.82, 2.24) is 4.90 Å². The lowest BCUT2D eigenvalue weighted by molar-refractivity contribution is 0.0740. The molecular weight excluding hydrogens is 338 g/mol. The fourth-order valence-electron chi connectivity index (χ4n) is 2.24. The second-order valence-electron chi connectivity index (χ2n) is 6.49. The molecule has 0 saturated heterocycles. The molecule has 0 aliphatic heterocycles. The second kappa shape index (κ2) is 7.61. The number of sulfonamides is 1. The Hall–Kier alpha value is -1.15. The van der Waals surface area contributed by atoms with Gasteiger partial charge in [0.05, 0.1) is 4.90 Å².